The lowest BCUT2D eigenvalue weighted by Crippen LogP contribution is -2.22. The highest BCUT2D eigenvalue weighted by Gasteiger charge is 2.18. The number of nitrogens with one attached hydrogen (secondary N) is 1. The Labute approximate surface area is 146 Å². The van der Waals surface area contributed by atoms with Gasteiger partial charge in [-0.15, -0.1) is 10.2 Å². The summed E-state index contributed by atoms with van der Waals surface area (Å²) in [5.74, 6) is -0.0766. The number of carbonyl (C=O) groups is 1. The first kappa shape index (κ1) is 16.0. The Hall–Kier alpha value is -1.86. The summed E-state index contributed by atoms with van der Waals surface area (Å²) in [6.45, 7) is 3.86. The van der Waals surface area contributed by atoms with Crippen LogP contribution in [0.1, 0.15) is 12.5 Å². The van der Waals surface area contributed by atoms with Gasteiger partial charge >= 0.3 is 0 Å². The van der Waals surface area contributed by atoms with Gasteiger partial charge in [0.15, 0.2) is 10.8 Å². The molecule has 0 unspecified atom stereocenters. The van der Waals surface area contributed by atoms with Crippen molar-refractivity contribution in [3.8, 4) is 0 Å². The molecule has 0 saturated heterocycles. The molecule has 7 heteroatoms. The van der Waals surface area contributed by atoms with Crippen molar-refractivity contribution in [2.45, 2.75) is 24.3 Å². The van der Waals surface area contributed by atoms with Crippen molar-refractivity contribution in [1.82, 2.24) is 14.6 Å². The smallest absolute Gasteiger partial charge is 0.237 e. The van der Waals surface area contributed by atoms with Gasteiger partial charge in [0.1, 0.15) is 0 Å². The normalized spacial score (nSPS) is 12.3. The van der Waals surface area contributed by atoms with Crippen LogP contribution in [0.25, 0.3) is 5.65 Å². The van der Waals surface area contributed by atoms with Crippen molar-refractivity contribution in [1.29, 1.82) is 0 Å². The first-order chi connectivity index (χ1) is 11.0. The Morgan fingerprint density at radius 2 is 2.13 bits per heavy atom. The molecule has 3 rings (SSSR count). The summed E-state index contributed by atoms with van der Waals surface area (Å²) >= 11 is 4.85. The third-order valence-electron chi connectivity index (χ3n) is 3.32. The van der Waals surface area contributed by atoms with E-state index < -0.39 is 0 Å². The molecule has 1 N–H and O–H groups in total. The van der Waals surface area contributed by atoms with Crippen molar-refractivity contribution in [2.75, 3.05) is 5.32 Å². The molecule has 0 saturated carbocycles. The Morgan fingerprint density at radius 1 is 1.30 bits per heavy atom. The minimum Gasteiger partial charge on any atom is -0.324 e. The molecule has 23 heavy (non-hydrogen) atoms. The molecule has 5 nitrogen and oxygen atoms in total. The lowest BCUT2D eigenvalue weighted by molar-refractivity contribution is -0.115. The fraction of sp³-hybridized carbons (Fsp3) is 0.188. The molecule has 0 spiro atoms. The summed E-state index contributed by atoms with van der Waals surface area (Å²) < 4.78 is 2.74. The molecule has 1 amide bonds. The SMILES string of the molecule is Cc1ccc(NC(=O)[C@@H](C)Sc2nnc3ccccn23)c(Br)c1. The van der Waals surface area contributed by atoms with E-state index in [9.17, 15) is 4.79 Å². The fourth-order valence-electron chi connectivity index (χ4n) is 2.07. The van der Waals surface area contributed by atoms with Gasteiger partial charge in [0.05, 0.1) is 10.9 Å². The van der Waals surface area contributed by atoms with Crippen molar-refractivity contribution in [3.05, 3.63) is 52.6 Å². The maximum atomic E-state index is 12.4. The predicted molar refractivity (Wildman–Crippen MR) is 95.8 cm³/mol. The maximum absolute atomic E-state index is 12.4. The Morgan fingerprint density at radius 3 is 2.91 bits per heavy atom. The summed E-state index contributed by atoms with van der Waals surface area (Å²) in [5, 5.41) is 11.6. The van der Waals surface area contributed by atoms with Crippen LogP contribution < -0.4 is 5.32 Å². The number of benzene rings is 1. The topological polar surface area (TPSA) is 59.3 Å². The number of fused-ring (bicyclic) bond motifs is 1. The summed E-state index contributed by atoms with van der Waals surface area (Å²) in [7, 11) is 0. The molecule has 0 aliphatic carbocycles. The molecule has 0 radical (unpaired) electrons. The average molecular weight is 391 g/mol. The predicted octanol–water partition coefficient (Wildman–Crippen LogP) is 3.92. The van der Waals surface area contributed by atoms with E-state index in [0.717, 1.165) is 21.4 Å². The minimum absolute atomic E-state index is 0.0766. The first-order valence-corrected chi connectivity index (χ1v) is 8.75. The third-order valence-corrected chi connectivity index (χ3v) is 5.03. The number of anilines is 1. The summed E-state index contributed by atoms with van der Waals surface area (Å²) in [4.78, 5) is 12.4. The van der Waals surface area contributed by atoms with Crippen LogP contribution in [0.5, 0.6) is 0 Å². The molecular formula is C16H15BrN4OS. The third kappa shape index (κ3) is 3.56. The van der Waals surface area contributed by atoms with Gasteiger partial charge in [-0.05, 0) is 59.6 Å². The standard InChI is InChI=1S/C16H15BrN4OS/c1-10-6-7-13(12(17)9-10)18-15(22)11(2)23-16-20-19-14-5-3-4-8-21(14)16/h3-9,11H,1-2H3,(H,18,22)/t11-/m1/s1. The van der Waals surface area contributed by atoms with Crippen LogP contribution >= 0.6 is 27.7 Å². The second-order valence-corrected chi connectivity index (χ2v) is 7.31. The van der Waals surface area contributed by atoms with E-state index in [2.05, 4.69) is 31.4 Å². The molecule has 0 aliphatic heterocycles. The van der Waals surface area contributed by atoms with Crippen LogP contribution in [-0.4, -0.2) is 25.8 Å². The number of rotatable bonds is 4. The van der Waals surface area contributed by atoms with Gasteiger partial charge in [-0.25, -0.2) is 0 Å². The molecule has 1 atom stereocenters. The zero-order valence-corrected chi connectivity index (χ0v) is 15.1. The molecule has 1 aromatic carbocycles. The number of halogens is 1. The van der Waals surface area contributed by atoms with Crippen molar-refractivity contribution >= 4 is 44.9 Å². The van der Waals surface area contributed by atoms with Crippen molar-refractivity contribution in [3.63, 3.8) is 0 Å². The first-order valence-electron chi connectivity index (χ1n) is 7.08. The van der Waals surface area contributed by atoms with Gasteiger partial charge in [0, 0.05) is 10.7 Å². The number of thioether (sulfide) groups is 1. The van der Waals surface area contributed by atoms with Crippen LogP contribution in [0.15, 0.2) is 52.2 Å². The number of hydrogen-bond acceptors (Lipinski definition) is 4. The summed E-state index contributed by atoms with van der Waals surface area (Å²) in [6, 6.07) is 11.5. The molecule has 0 aliphatic rings. The summed E-state index contributed by atoms with van der Waals surface area (Å²) in [5.41, 5.74) is 2.66. The van der Waals surface area contributed by atoms with E-state index >= 15 is 0 Å². The number of pyridine rings is 1. The molecule has 0 fully saturated rings. The highest BCUT2D eigenvalue weighted by molar-refractivity contribution is 9.10. The van der Waals surface area contributed by atoms with E-state index in [1.807, 2.05) is 60.8 Å². The molecular weight excluding hydrogens is 376 g/mol. The number of hydrogen-bond donors (Lipinski definition) is 1. The second kappa shape index (κ2) is 6.72. The van der Waals surface area contributed by atoms with Crippen molar-refractivity contribution in [2.24, 2.45) is 0 Å². The second-order valence-electron chi connectivity index (χ2n) is 5.14. The van der Waals surface area contributed by atoms with Crippen LogP contribution in [-0.2, 0) is 4.79 Å². The minimum atomic E-state index is -0.296. The zero-order chi connectivity index (χ0) is 16.4. The summed E-state index contributed by atoms with van der Waals surface area (Å²) in [6.07, 6.45) is 1.89. The number of nitrogens with zero attached hydrogens (tertiary/aromatic N) is 3. The van der Waals surface area contributed by atoms with E-state index in [1.165, 1.54) is 11.8 Å². The Balaban J connectivity index is 1.72. The van der Waals surface area contributed by atoms with Crippen molar-refractivity contribution < 1.29 is 4.79 Å². The van der Waals surface area contributed by atoms with Crippen LogP contribution in [0.3, 0.4) is 0 Å². The van der Waals surface area contributed by atoms with Gasteiger partial charge in [0.25, 0.3) is 0 Å². The molecule has 2 heterocycles. The highest BCUT2D eigenvalue weighted by Crippen LogP contribution is 2.26. The van der Waals surface area contributed by atoms with Crippen LogP contribution in [0.2, 0.25) is 0 Å². The number of carbonyl (C=O) groups excluding carboxylic acids is 1. The molecule has 3 aromatic rings. The number of aryl methyl sites for hydroxylation is 1. The van der Waals surface area contributed by atoms with E-state index in [1.54, 1.807) is 0 Å². The van der Waals surface area contributed by atoms with Gasteiger partial charge in [-0.2, -0.15) is 0 Å². The van der Waals surface area contributed by atoms with Crippen LogP contribution in [0, 0.1) is 6.92 Å². The quantitative estimate of drug-likeness (QED) is 0.685. The number of amides is 1. The van der Waals surface area contributed by atoms with Gasteiger partial charge in [-0.3, -0.25) is 9.20 Å². The zero-order valence-electron chi connectivity index (χ0n) is 12.7. The molecule has 0 bridgehead atoms. The Kier molecular flexibility index (Phi) is 4.68. The van der Waals surface area contributed by atoms with Crippen LogP contribution in [0.4, 0.5) is 5.69 Å². The fourth-order valence-corrected chi connectivity index (χ4v) is 3.50. The molecule has 118 valence electrons. The lowest BCUT2D eigenvalue weighted by Gasteiger charge is -2.12. The maximum Gasteiger partial charge on any atom is 0.237 e. The Bertz CT molecular complexity index is 864. The van der Waals surface area contributed by atoms with Gasteiger partial charge < -0.3 is 5.32 Å². The van der Waals surface area contributed by atoms with E-state index in [4.69, 9.17) is 0 Å². The largest absolute Gasteiger partial charge is 0.324 e. The van der Waals surface area contributed by atoms with E-state index in [-0.39, 0.29) is 11.2 Å². The molecule has 2 aromatic heterocycles. The van der Waals surface area contributed by atoms with E-state index in [0.29, 0.717) is 5.16 Å². The highest BCUT2D eigenvalue weighted by atomic mass is 79.9. The average Bonchev–Trinajstić information content (AvgIpc) is 2.93. The number of aromatic nitrogens is 3. The van der Waals surface area contributed by atoms with Gasteiger partial charge in [0.2, 0.25) is 5.91 Å². The van der Waals surface area contributed by atoms with Gasteiger partial charge in [-0.1, -0.05) is 23.9 Å². The lowest BCUT2D eigenvalue weighted by atomic mass is 10.2. The monoisotopic (exact) mass is 390 g/mol.